The van der Waals surface area contributed by atoms with E-state index in [9.17, 15) is 5.02 Å². The van der Waals surface area contributed by atoms with Crippen molar-refractivity contribution in [3.8, 4) is 0 Å². The third-order valence-corrected chi connectivity index (χ3v) is 7.74. The van der Waals surface area contributed by atoms with Gasteiger partial charge in [0.05, 0.1) is 0 Å². The first-order valence-corrected chi connectivity index (χ1v) is 10.9. The van der Waals surface area contributed by atoms with Gasteiger partial charge in [0, 0.05) is 29.6 Å². The topological polar surface area (TPSA) is 20.2 Å². The molecule has 0 atom stereocenters. The second-order valence-electron chi connectivity index (χ2n) is 7.11. The largest absolute Gasteiger partial charge is 0.443 e. The molecule has 0 saturated heterocycles. The molecule has 28 heavy (non-hydrogen) atoms. The number of thiophene rings is 2. The molecule has 0 aliphatic rings. The summed E-state index contributed by atoms with van der Waals surface area (Å²) in [5, 5.41) is 16.1. The van der Waals surface area contributed by atoms with Crippen LogP contribution in [0.1, 0.15) is 0 Å². The van der Waals surface area contributed by atoms with Crippen molar-refractivity contribution in [2.75, 3.05) is 0 Å². The van der Waals surface area contributed by atoms with Crippen LogP contribution in [0.2, 0.25) is 0 Å². The van der Waals surface area contributed by atoms with Crippen LogP contribution in [0.3, 0.4) is 0 Å². The maximum Gasteiger partial charge on any atom is 0.358 e. The Morgan fingerprint density at radius 1 is 0.500 bits per heavy atom. The predicted octanol–water partition coefficient (Wildman–Crippen LogP) is 5.52. The van der Waals surface area contributed by atoms with Gasteiger partial charge in [-0.3, -0.25) is 0 Å². The van der Waals surface area contributed by atoms with Crippen molar-refractivity contribution in [1.29, 1.82) is 0 Å². The first-order chi connectivity index (χ1) is 13.8. The minimum Gasteiger partial charge on any atom is -0.443 e. The number of hydrogen-bond donors (Lipinski definition) is 1. The second-order valence-corrected chi connectivity index (χ2v) is 9.28. The standard InChI is InChI=1S/C24H15BOS2/c26-25(15-9-11-23-19(13-15)17-5-1-3-7-21(17)27-23)16-10-12-24-20(14-16)18-6-2-4-8-22(18)28-24/h1-14,26H. The van der Waals surface area contributed by atoms with Crippen molar-refractivity contribution in [2.24, 2.45) is 0 Å². The van der Waals surface area contributed by atoms with Gasteiger partial charge in [-0.25, -0.2) is 0 Å². The molecule has 6 rings (SSSR count). The first kappa shape index (κ1) is 16.3. The minimum absolute atomic E-state index is 0.633. The number of hydrogen-bond acceptors (Lipinski definition) is 3. The van der Waals surface area contributed by atoms with Crippen LogP contribution >= 0.6 is 22.7 Å². The highest BCUT2D eigenvalue weighted by molar-refractivity contribution is 7.26. The van der Waals surface area contributed by atoms with Crippen LogP contribution in [-0.4, -0.2) is 11.9 Å². The summed E-state index contributed by atoms with van der Waals surface area (Å²) in [5.74, 6) is 0. The van der Waals surface area contributed by atoms with Crippen molar-refractivity contribution in [3.05, 3.63) is 84.9 Å². The van der Waals surface area contributed by atoms with Crippen molar-refractivity contribution in [1.82, 2.24) is 0 Å². The van der Waals surface area contributed by atoms with E-state index in [1.807, 2.05) is 0 Å². The molecule has 0 saturated carbocycles. The Balaban J connectivity index is 1.50. The van der Waals surface area contributed by atoms with Gasteiger partial charge in [-0.2, -0.15) is 0 Å². The van der Waals surface area contributed by atoms with Crippen LogP contribution in [0.4, 0.5) is 0 Å². The van der Waals surface area contributed by atoms with Gasteiger partial charge in [-0.05, 0) is 46.0 Å². The van der Waals surface area contributed by atoms with Gasteiger partial charge in [-0.1, -0.05) is 60.7 Å². The van der Waals surface area contributed by atoms with Gasteiger partial charge in [0.2, 0.25) is 0 Å². The zero-order chi connectivity index (χ0) is 18.7. The Labute approximate surface area is 170 Å². The molecule has 0 fully saturated rings. The summed E-state index contributed by atoms with van der Waals surface area (Å²) in [6, 6.07) is 29.6. The first-order valence-electron chi connectivity index (χ1n) is 9.28. The van der Waals surface area contributed by atoms with Gasteiger partial charge >= 0.3 is 6.92 Å². The summed E-state index contributed by atoms with van der Waals surface area (Å²) in [6.45, 7) is -0.633. The Morgan fingerprint density at radius 3 is 1.43 bits per heavy atom. The molecule has 0 radical (unpaired) electrons. The van der Waals surface area contributed by atoms with E-state index in [1.54, 1.807) is 22.7 Å². The van der Waals surface area contributed by atoms with E-state index >= 15 is 0 Å². The van der Waals surface area contributed by atoms with E-state index in [0.717, 1.165) is 10.9 Å². The van der Waals surface area contributed by atoms with E-state index in [-0.39, 0.29) is 0 Å². The fourth-order valence-electron chi connectivity index (χ4n) is 4.02. The summed E-state index contributed by atoms with van der Waals surface area (Å²) < 4.78 is 5.10. The molecule has 2 aromatic heterocycles. The lowest BCUT2D eigenvalue weighted by molar-refractivity contribution is 0.600. The average Bonchev–Trinajstić information content (AvgIpc) is 3.30. The lowest BCUT2D eigenvalue weighted by Gasteiger charge is -2.08. The molecule has 0 amide bonds. The van der Waals surface area contributed by atoms with Crippen molar-refractivity contribution in [2.45, 2.75) is 0 Å². The Bertz CT molecular complexity index is 1380. The highest BCUT2D eigenvalue weighted by atomic mass is 32.1. The lowest BCUT2D eigenvalue weighted by atomic mass is 9.55. The molecule has 0 bridgehead atoms. The molecule has 1 nitrogen and oxygen atoms in total. The summed E-state index contributed by atoms with van der Waals surface area (Å²) in [7, 11) is 0. The molecule has 4 aromatic carbocycles. The number of rotatable bonds is 2. The molecule has 0 aliphatic heterocycles. The molecule has 4 heteroatoms. The fourth-order valence-corrected chi connectivity index (χ4v) is 6.19. The van der Waals surface area contributed by atoms with E-state index in [4.69, 9.17) is 0 Å². The molecule has 132 valence electrons. The molecular formula is C24H15BOS2. The van der Waals surface area contributed by atoms with Crippen molar-refractivity contribution >= 4 is 80.9 Å². The van der Waals surface area contributed by atoms with Crippen LogP contribution in [0, 0.1) is 0 Å². The van der Waals surface area contributed by atoms with E-state index in [2.05, 4.69) is 84.9 Å². The van der Waals surface area contributed by atoms with Gasteiger partial charge in [-0.15, -0.1) is 22.7 Å². The minimum atomic E-state index is -0.633. The molecule has 0 aliphatic carbocycles. The second kappa shape index (κ2) is 6.18. The average molecular weight is 394 g/mol. The molecule has 0 spiro atoms. The third-order valence-electron chi connectivity index (χ3n) is 5.43. The van der Waals surface area contributed by atoms with Crippen LogP contribution in [0.25, 0.3) is 40.3 Å². The quantitative estimate of drug-likeness (QED) is 0.384. The van der Waals surface area contributed by atoms with Crippen LogP contribution < -0.4 is 10.9 Å². The monoisotopic (exact) mass is 394 g/mol. The molecule has 2 heterocycles. The summed E-state index contributed by atoms with van der Waals surface area (Å²) in [4.78, 5) is 0. The third kappa shape index (κ3) is 2.42. The highest BCUT2D eigenvalue weighted by Crippen LogP contribution is 2.34. The van der Waals surface area contributed by atoms with Crippen LogP contribution in [0.15, 0.2) is 84.9 Å². The predicted molar refractivity (Wildman–Crippen MR) is 126 cm³/mol. The van der Waals surface area contributed by atoms with Crippen LogP contribution in [0.5, 0.6) is 0 Å². The Hall–Kier alpha value is -2.66. The molecular weight excluding hydrogens is 379 g/mol. The van der Waals surface area contributed by atoms with Crippen molar-refractivity contribution < 1.29 is 5.02 Å². The molecule has 0 unspecified atom stereocenters. The van der Waals surface area contributed by atoms with Gasteiger partial charge in [0.15, 0.2) is 0 Å². The smallest absolute Gasteiger partial charge is 0.358 e. The maximum absolute atomic E-state index is 11.1. The SMILES string of the molecule is OB(c1ccc2sc3ccccc3c2c1)c1ccc2sc3ccccc3c2c1. The maximum atomic E-state index is 11.1. The summed E-state index contributed by atoms with van der Waals surface area (Å²) in [6.07, 6.45) is 0. The van der Waals surface area contributed by atoms with E-state index in [1.165, 1.54) is 40.3 Å². The number of benzene rings is 4. The Kier molecular flexibility index (Phi) is 3.60. The molecule has 6 aromatic rings. The zero-order valence-corrected chi connectivity index (χ0v) is 16.6. The molecule has 1 N–H and O–H groups in total. The Morgan fingerprint density at radius 2 is 0.929 bits per heavy atom. The highest BCUT2D eigenvalue weighted by Gasteiger charge is 2.19. The van der Waals surface area contributed by atoms with E-state index < -0.39 is 6.92 Å². The summed E-state index contributed by atoms with van der Waals surface area (Å²) >= 11 is 3.60. The van der Waals surface area contributed by atoms with Crippen LogP contribution in [-0.2, 0) is 0 Å². The normalized spacial score (nSPS) is 11.8. The van der Waals surface area contributed by atoms with Gasteiger partial charge in [0.25, 0.3) is 0 Å². The lowest BCUT2D eigenvalue weighted by Crippen LogP contribution is -2.42. The summed E-state index contributed by atoms with van der Waals surface area (Å²) in [5.41, 5.74) is 1.88. The van der Waals surface area contributed by atoms with Gasteiger partial charge in [0.1, 0.15) is 0 Å². The zero-order valence-electron chi connectivity index (χ0n) is 14.9. The number of fused-ring (bicyclic) bond motifs is 6. The fraction of sp³-hybridized carbons (Fsp3) is 0. The van der Waals surface area contributed by atoms with Gasteiger partial charge < -0.3 is 5.02 Å². The van der Waals surface area contributed by atoms with Crippen molar-refractivity contribution in [3.63, 3.8) is 0 Å². The van der Waals surface area contributed by atoms with E-state index in [0.29, 0.717) is 0 Å².